The number of aliphatic hydroxyl groups excluding tert-OH is 1. The number of hydrogen-bond acceptors (Lipinski definition) is 4. The highest BCUT2D eigenvalue weighted by Gasteiger charge is 2.13. The number of rotatable bonds is 9. The van der Waals surface area contributed by atoms with Gasteiger partial charge in [0.1, 0.15) is 5.75 Å². The third-order valence-corrected chi connectivity index (χ3v) is 3.58. The summed E-state index contributed by atoms with van der Waals surface area (Å²) in [5.74, 6) is 0.744. The smallest absolute Gasteiger partial charge is 0.124 e. The van der Waals surface area contributed by atoms with E-state index < -0.39 is 6.10 Å². The summed E-state index contributed by atoms with van der Waals surface area (Å²) in [6, 6.07) is 5.88. The fourth-order valence-electron chi connectivity index (χ4n) is 2.24. The van der Waals surface area contributed by atoms with Crippen LogP contribution >= 0.6 is 0 Å². The summed E-state index contributed by atoms with van der Waals surface area (Å²) in [6.07, 6.45) is -0.540. The molecular weight excluding hydrogens is 252 g/mol. The van der Waals surface area contributed by atoms with Crippen LogP contribution in [0.1, 0.15) is 31.1 Å². The number of ether oxygens (including phenoxy) is 1. The largest absolute Gasteiger partial charge is 0.496 e. The van der Waals surface area contributed by atoms with Crippen molar-refractivity contribution < 1.29 is 9.84 Å². The van der Waals surface area contributed by atoms with Gasteiger partial charge in [0.25, 0.3) is 0 Å². The number of likely N-dealkylation sites (N-methyl/N-ethyl adjacent to an activating group) is 1. The van der Waals surface area contributed by atoms with Gasteiger partial charge in [-0.3, -0.25) is 0 Å². The summed E-state index contributed by atoms with van der Waals surface area (Å²) in [5, 5.41) is 13.6. The zero-order valence-electron chi connectivity index (χ0n) is 13.1. The zero-order chi connectivity index (χ0) is 15.0. The van der Waals surface area contributed by atoms with E-state index in [2.05, 4.69) is 24.1 Å². The van der Waals surface area contributed by atoms with E-state index in [-0.39, 0.29) is 0 Å². The van der Waals surface area contributed by atoms with Gasteiger partial charge in [0, 0.05) is 25.2 Å². The number of benzene rings is 1. The summed E-state index contributed by atoms with van der Waals surface area (Å²) in [5.41, 5.74) is 1.98. The average molecular weight is 280 g/mol. The van der Waals surface area contributed by atoms with Crippen LogP contribution in [0.15, 0.2) is 18.2 Å². The van der Waals surface area contributed by atoms with Crippen LogP contribution in [-0.2, 0) is 0 Å². The molecule has 1 aromatic rings. The molecule has 1 aromatic carbocycles. The van der Waals surface area contributed by atoms with Crippen molar-refractivity contribution in [2.24, 2.45) is 0 Å². The lowest BCUT2D eigenvalue weighted by atomic mass is 10.1. The number of aliphatic hydroxyl groups is 1. The molecule has 1 rings (SSSR count). The molecule has 4 nitrogen and oxygen atoms in total. The molecule has 114 valence electrons. The molecule has 0 bridgehead atoms. The van der Waals surface area contributed by atoms with E-state index in [4.69, 9.17) is 4.74 Å². The van der Waals surface area contributed by atoms with Crippen LogP contribution in [0, 0.1) is 6.92 Å². The van der Waals surface area contributed by atoms with Gasteiger partial charge in [-0.25, -0.2) is 0 Å². The first-order valence-corrected chi connectivity index (χ1v) is 7.38. The number of hydrogen-bond donors (Lipinski definition) is 2. The Morgan fingerprint density at radius 3 is 2.60 bits per heavy atom. The minimum atomic E-state index is -0.540. The second kappa shape index (κ2) is 8.95. The van der Waals surface area contributed by atoms with E-state index in [1.165, 1.54) is 0 Å². The normalized spacial score (nSPS) is 12.7. The number of methoxy groups -OCH3 is 1. The van der Waals surface area contributed by atoms with Gasteiger partial charge in [-0.2, -0.15) is 0 Å². The number of aryl methyl sites for hydroxylation is 1. The van der Waals surface area contributed by atoms with Crippen molar-refractivity contribution in [2.75, 3.05) is 39.8 Å². The molecule has 2 N–H and O–H groups in total. The summed E-state index contributed by atoms with van der Waals surface area (Å²) in [4.78, 5) is 2.35. The molecule has 0 heterocycles. The Morgan fingerprint density at radius 2 is 2.00 bits per heavy atom. The molecule has 0 saturated heterocycles. The molecule has 4 heteroatoms. The third-order valence-electron chi connectivity index (χ3n) is 3.58. The standard InChI is InChI=1S/C16H28N2O2/c1-5-18(6-2)10-9-17-12-15(19)14-11-13(3)7-8-16(14)20-4/h7-8,11,15,17,19H,5-6,9-10,12H2,1-4H3. The van der Waals surface area contributed by atoms with Crippen molar-refractivity contribution in [2.45, 2.75) is 26.9 Å². The summed E-state index contributed by atoms with van der Waals surface area (Å²) < 4.78 is 5.30. The Morgan fingerprint density at radius 1 is 1.30 bits per heavy atom. The highest BCUT2D eigenvalue weighted by Crippen LogP contribution is 2.25. The molecule has 0 aliphatic heterocycles. The van der Waals surface area contributed by atoms with Crippen LogP contribution in [0.25, 0.3) is 0 Å². The Labute approximate surface area is 122 Å². The summed E-state index contributed by atoms with van der Waals surface area (Å²) >= 11 is 0. The minimum Gasteiger partial charge on any atom is -0.496 e. The average Bonchev–Trinajstić information content (AvgIpc) is 2.47. The van der Waals surface area contributed by atoms with Gasteiger partial charge in [0.2, 0.25) is 0 Å². The van der Waals surface area contributed by atoms with Gasteiger partial charge in [0.15, 0.2) is 0 Å². The molecule has 0 aliphatic carbocycles. The third kappa shape index (κ3) is 5.12. The van der Waals surface area contributed by atoms with Gasteiger partial charge in [-0.05, 0) is 32.1 Å². The lowest BCUT2D eigenvalue weighted by Crippen LogP contribution is -2.33. The second-order valence-corrected chi connectivity index (χ2v) is 4.99. The Bertz CT molecular complexity index is 392. The topological polar surface area (TPSA) is 44.7 Å². The molecule has 0 radical (unpaired) electrons. The lowest BCUT2D eigenvalue weighted by molar-refractivity contribution is 0.168. The van der Waals surface area contributed by atoms with E-state index in [0.29, 0.717) is 6.54 Å². The van der Waals surface area contributed by atoms with E-state index in [1.807, 2.05) is 25.1 Å². The van der Waals surface area contributed by atoms with Gasteiger partial charge < -0.3 is 20.1 Å². The highest BCUT2D eigenvalue weighted by atomic mass is 16.5. The molecule has 20 heavy (non-hydrogen) atoms. The SMILES string of the molecule is CCN(CC)CCNCC(O)c1cc(C)ccc1OC. The maximum Gasteiger partial charge on any atom is 0.124 e. The van der Waals surface area contributed by atoms with Gasteiger partial charge in [-0.1, -0.05) is 25.5 Å². The van der Waals surface area contributed by atoms with E-state index in [1.54, 1.807) is 7.11 Å². The quantitative estimate of drug-likeness (QED) is 0.679. The molecule has 0 aromatic heterocycles. The predicted octanol–water partition coefficient (Wildman–Crippen LogP) is 1.97. The summed E-state index contributed by atoms with van der Waals surface area (Å²) in [7, 11) is 1.63. The van der Waals surface area contributed by atoms with Crippen molar-refractivity contribution in [3.63, 3.8) is 0 Å². The first-order valence-electron chi connectivity index (χ1n) is 7.38. The lowest BCUT2D eigenvalue weighted by Gasteiger charge is -2.20. The minimum absolute atomic E-state index is 0.540. The number of nitrogens with zero attached hydrogens (tertiary/aromatic N) is 1. The monoisotopic (exact) mass is 280 g/mol. The van der Waals surface area contributed by atoms with E-state index in [0.717, 1.165) is 43.1 Å². The Hall–Kier alpha value is -1.10. The van der Waals surface area contributed by atoms with Gasteiger partial charge in [-0.15, -0.1) is 0 Å². The molecule has 0 fully saturated rings. The van der Waals surface area contributed by atoms with Crippen LogP contribution in [0.2, 0.25) is 0 Å². The van der Waals surface area contributed by atoms with E-state index in [9.17, 15) is 5.11 Å². The second-order valence-electron chi connectivity index (χ2n) is 4.99. The number of nitrogens with one attached hydrogen (secondary N) is 1. The molecule has 0 amide bonds. The maximum absolute atomic E-state index is 10.3. The van der Waals surface area contributed by atoms with Crippen LogP contribution in [-0.4, -0.2) is 49.8 Å². The van der Waals surface area contributed by atoms with Crippen molar-refractivity contribution in [3.05, 3.63) is 29.3 Å². The molecule has 0 spiro atoms. The molecule has 1 atom stereocenters. The molecular formula is C16H28N2O2. The first kappa shape index (κ1) is 17.0. The Kier molecular flexibility index (Phi) is 7.59. The van der Waals surface area contributed by atoms with Crippen molar-refractivity contribution >= 4 is 0 Å². The fourth-order valence-corrected chi connectivity index (χ4v) is 2.24. The Balaban J connectivity index is 2.46. The van der Waals surface area contributed by atoms with Crippen molar-refractivity contribution in [3.8, 4) is 5.75 Å². The maximum atomic E-state index is 10.3. The molecule has 1 unspecified atom stereocenters. The van der Waals surface area contributed by atoms with Gasteiger partial charge >= 0.3 is 0 Å². The van der Waals surface area contributed by atoms with Crippen LogP contribution in [0.3, 0.4) is 0 Å². The highest BCUT2D eigenvalue weighted by molar-refractivity contribution is 5.38. The van der Waals surface area contributed by atoms with Crippen LogP contribution < -0.4 is 10.1 Å². The van der Waals surface area contributed by atoms with Gasteiger partial charge in [0.05, 0.1) is 13.2 Å². The molecule has 0 aliphatic rings. The van der Waals surface area contributed by atoms with Crippen molar-refractivity contribution in [1.29, 1.82) is 0 Å². The van der Waals surface area contributed by atoms with Crippen LogP contribution in [0.4, 0.5) is 0 Å². The van der Waals surface area contributed by atoms with Crippen LogP contribution in [0.5, 0.6) is 5.75 Å². The predicted molar refractivity (Wildman–Crippen MR) is 83.3 cm³/mol. The van der Waals surface area contributed by atoms with E-state index >= 15 is 0 Å². The van der Waals surface area contributed by atoms with Crippen molar-refractivity contribution in [1.82, 2.24) is 10.2 Å². The first-order chi connectivity index (χ1) is 9.62. The zero-order valence-corrected chi connectivity index (χ0v) is 13.1. The summed E-state index contributed by atoms with van der Waals surface area (Å²) in [6.45, 7) is 10.9. The fraction of sp³-hybridized carbons (Fsp3) is 0.625. The molecule has 0 saturated carbocycles.